The Hall–Kier alpha value is -2.88. The number of carboxylic acids is 1. The number of rotatable bonds is 2. The Kier molecular flexibility index (Phi) is 3.05. The second-order valence-electron chi connectivity index (χ2n) is 4.33. The van der Waals surface area contributed by atoms with Crippen LogP contribution in [0.5, 0.6) is 0 Å². The Labute approximate surface area is 115 Å². The number of nitrogens with zero attached hydrogens (tertiary/aromatic N) is 2. The van der Waals surface area contributed by atoms with E-state index in [0.717, 1.165) is 11.1 Å². The highest BCUT2D eigenvalue weighted by Gasteiger charge is 2.16. The van der Waals surface area contributed by atoms with Gasteiger partial charge in [0.2, 0.25) is 0 Å². The predicted octanol–water partition coefficient (Wildman–Crippen LogP) is 3.10. The lowest BCUT2D eigenvalue weighted by Gasteiger charge is -2.09. The summed E-state index contributed by atoms with van der Waals surface area (Å²) in [5, 5.41) is 13.5. The highest BCUT2D eigenvalue weighted by Crippen LogP contribution is 2.26. The Bertz CT molecular complexity index is 792. The van der Waals surface area contributed by atoms with Crippen molar-refractivity contribution in [2.24, 2.45) is 0 Å². The molecule has 2 heterocycles. The van der Waals surface area contributed by atoms with E-state index in [1.54, 1.807) is 10.7 Å². The molecule has 0 aromatic carbocycles. The van der Waals surface area contributed by atoms with E-state index in [0.29, 0.717) is 5.56 Å². The third kappa shape index (κ3) is 2.07. The van der Waals surface area contributed by atoms with Gasteiger partial charge in [-0.15, -0.1) is 0 Å². The predicted molar refractivity (Wildman–Crippen MR) is 77.5 cm³/mol. The lowest BCUT2D eigenvalue weighted by molar-refractivity contribution is 0.0696. The second-order valence-corrected chi connectivity index (χ2v) is 4.33. The van der Waals surface area contributed by atoms with Crippen LogP contribution in [0.25, 0.3) is 11.1 Å². The maximum absolute atomic E-state index is 11.5. The molecule has 2 aromatic heterocycles. The second kappa shape index (κ2) is 5.01. The van der Waals surface area contributed by atoms with E-state index in [9.17, 15) is 9.90 Å². The zero-order valence-electron chi connectivity index (χ0n) is 10.6. The summed E-state index contributed by atoms with van der Waals surface area (Å²) in [7, 11) is 0. The Morgan fingerprint density at radius 2 is 1.95 bits per heavy atom. The van der Waals surface area contributed by atoms with Gasteiger partial charge in [-0.25, -0.2) is 9.31 Å². The summed E-state index contributed by atoms with van der Waals surface area (Å²) in [6, 6.07) is 3.71. The minimum atomic E-state index is -0.980. The molecule has 0 saturated heterocycles. The fraction of sp³-hybridized carbons (Fsp3) is 0. The first-order valence-electron chi connectivity index (χ1n) is 6.19. The minimum absolute atomic E-state index is 0.199. The van der Waals surface area contributed by atoms with Crippen LogP contribution in [0.1, 0.15) is 15.9 Å². The van der Waals surface area contributed by atoms with Crippen LogP contribution in [0.4, 0.5) is 0 Å². The van der Waals surface area contributed by atoms with E-state index in [2.05, 4.69) is 5.10 Å². The molecule has 20 heavy (non-hydrogen) atoms. The summed E-state index contributed by atoms with van der Waals surface area (Å²) in [5.41, 5.74) is 2.49. The fourth-order valence-electron chi connectivity index (χ4n) is 2.19. The van der Waals surface area contributed by atoms with Crippen LogP contribution in [0.2, 0.25) is 0 Å². The Morgan fingerprint density at radius 1 is 1.15 bits per heavy atom. The smallest absolute Gasteiger partial charge is 0.338 e. The van der Waals surface area contributed by atoms with Crippen molar-refractivity contribution in [1.82, 2.24) is 9.61 Å². The third-order valence-corrected chi connectivity index (χ3v) is 3.08. The van der Waals surface area contributed by atoms with Crippen LogP contribution >= 0.6 is 0 Å². The summed E-state index contributed by atoms with van der Waals surface area (Å²) in [4.78, 5) is 11.5. The van der Waals surface area contributed by atoms with Crippen molar-refractivity contribution in [2.45, 2.75) is 0 Å². The number of allylic oxidation sites excluding steroid dienone is 8. The quantitative estimate of drug-likeness (QED) is 0.906. The lowest BCUT2D eigenvalue weighted by Crippen LogP contribution is -2.06. The number of carbonyl (C=O) groups is 1. The van der Waals surface area contributed by atoms with Crippen molar-refractivity contribution in [1.29, 1.82) is 0 Å². The molecule has 0 unspecified atom stereocenters. The van der Waals surface area contributed by atoms with Gasteiger partial charge in [-0.05, 0) is 17.7 Å². The Balaban J connectivity index is 2.30. The first kappa shape index (κ1) is 12.2. The van der Waals surface area contributed by atoms with Gasteiger partial charge in [0, 0.05) is 11.8 Å². The molecular formula is C16H12N2O2. The van der Waals surface area contributed by atoms with Gasteiger partial charge in [-0.1, -0.05) is 42.5 Å². The number of aromatic carboxylic acids is 1. The number of carboxylic acid groups (broad SMARTS) is 1. The summed E-state index contributed by atoms with van der Waals surface area (Å²) in [6.07, 6.45) is 16.5. The van der Waals surface area contributed by atoms with E-state index in [-0.39, 0.29) is 5.56 Å². The van der Waals surface area contributed by atoms with Crippen LogP contribution in [0.15, 0.2) is 67.1 Å². The van der Waals surface area contributed by atoms with Crippen molar-refractivity contribution in [3.8, 4) is 0 Å². The summed E-state index contributed by atoms with van der Waals surface area (Å²) in [5.74, 6) is -0.980. The highest BCUT2D eigenvalue weighted by atomic mass is 16.4. The van der Waals surface area contributed by atoms with Crippen molar-refractivity contribution in [3.05, 3.63) is 78.2 Å². The van der Waals surface area contributed by atoms with Gasteiger partial charge >= 0.3 is 5.97 Å². The topological polar surface area (TPSA) is 54.6 Å². The molecule has 3 rings (SSSR count). The third-order valence-electron chi connectivity index (χ3n) is 3.08. The van der Waals surface area contributed by atoms with Gasteiger partial charge in [0.05, 0.1) is 17.3 Å². The molecule has 0 aliphatic heterocycles. The Morgan fingerprint density at radius 3 is 2.80 bits per heavy atom. The van der Waals surface area contributed by atoms with Crippen LogP contribution in [0.3, 0.4) is 0 Å². The molecule has 0 spiro atoms. The molecule has 0 radical (unpaired) electrons. The SMILES string of the molecule is O=C(O)c1cnn2cccc2c1C1=C/C=C\C=C/C=C\1. The average molecular weight is 264 g/mol. The first-order chi connectivity index (χ1) is 9.77. The van der Waals surface area contributed by atoms with Crippen LogP contribution in [-0.2, 0) is 0 Å². The number of hydrogen-bond donors (Lipinski definition) is 1. The molecule has 4 nitrogen and oxygen atoms in total. The van der Waals surface area contributed by atoms with E-state index in [1.165, 1.54) is 6.20 Å². The monoisotopic (exact) mass is 264 g/mol. The maximum atomic E-state index is 11.5. The van der Waals surface area contributed by atoms with Crippen molar-refractivity contribution in [2.75, 3.05) is 0 Å². The van der Waals surface area contributed by atoms with Gasteiger partial charge in [0.25, 0.3) is 0 Å². The van der Waals surface area contributed by atoms with E-state index >= 15 is 0 Å². The van der Waals surface area contributed by atoms with Gasteiger partial charge in [0.15, 0.2) is 0 Å². The molecule has 2 aromatic rings. The number of fused-ring (bicyclic) bond motifs is 1. The largest absolute Gasteiger partial charge is 0.478 e. The molecule has 1 N–H and O–H groups in total. The van der Waals surface area contributed by atoms with Gasteiger partial charge in [-0.2, -0.15) is 5.10 Å². The minimum Gasteiger partial charge on any atom is -0.478 e. The molecule has 0 bridgehead atoms. The molecule has 98 valence electrons. The highest BCUT2D eigenvalue weighted by molar-refractivity contribution is 5.99. The van der Waals surface area contributed by atoms with Crippen molar-refractivity contribution >= 4 is 17.1 Å². The molecular weight excluding hydrogens is 252 g/mol. The fourth-order valence-corrected chi connectivity index (χ4v) is 2.19. The van der Waals surface area contributed by atoms with Crippen molar-refractivity contribution in [3.63, 3.8) is 0 Å². The van der Waals surface area contributed by atoms with Crippen LogP contribution in [0, 0.1) is 0 Å². The lowest BCUT2D eigenvalue weighted by atomic mass is 9.99. The van der Waals surface area contributed by atoms with E-state index in [4.69, 9.17) is 0 Å². The first-order valence-corrected chi connectivity index (χ1v) is 6.19. The number of hydrogen-bond acceptors (Lipinski definition) is 2. The summed E-state index contributed by atoms with van der Waals surface area (Å²) in [6.45, 7) is 0. The molecule has 1 aliphatic carbocycles. The van der Waals surface area contributed by atoms with Crippen LogP contribution in [-0.4, -0.2) is 20.7 Å². The molecule has 0 saturated carbocycles. The zero-order chi connectivity index (χ0) is 13.9. The molecule has 0 atom stereocenters. The molecule has 0 amide bonds. The molecule has 4 heteroatoms. The molecule has 1 aliphatic rings. The van der Waals surface area contributed by atoms with Gasteiger partial charge in [-0.3, -0.25) is 0 Å². The summed E-state index contributed by atoms with van der Waals surface area (Å²) < 4.78 is 1.68. The molecule has 0 fully saturated rings. The van der Waals surface area contributed by atoms with Crippen LogP contribution < -0.4 is 0 Å². The average Bonchev–Trinajstić information content (AvgIpc) is 2.85. The number of aromatic nitrogens is 2. The van der Waals surface area contributed by atoms with E-state index < -0.39 is 5.97 Å². The maximum Gasteiger partial charge on any atom is 0.338 e. The zero-order valence-corrected chi connectivity index (χ0v) is 10.6. The van der Waals surface area contributed by atoms with Crippen molar-refractivity contribution < 1.29 is 9.90 Å². The van der Waals surface area contributed by atoms with Gasteiger partial charge < -0.3 is 5.11 Å². The van der Waals surface area contributed by atoms with E-state index in [1.807, 2.05) is 54.7 Å². The standard InChI is InChI=1S/C16H12N2O2/c19-16(20)13-11-17-18-10-6-9-14(18)15(13)12-7-4-2-1-3-5-8-12/h1-11H,(H,19,20)/b2-1-,3-1?,4-2?,5-3-,7-4-,8-5?,12-7?,12-8+. The van der Waals surface area contributed by atoms with Gasteiger partial charge in [0.1, 0.15) is 0 Å². The normalized spacial score (nSPS) is 21.5. The summed E-state index contributed by atoms with van der Waals surface area (Å²) >= 11 is 0.